The summed E-state index contributed by atoms with van der Waals surface area (Å²) in [5.74, 6) is 0. The van der Waals surface area contributed by atoms with Gasteiger partial charge in [0.15, 0.2) is 0 Å². The molecule has 0 amide bonds. The molecular weight excluding hydrogens is 194 g/mol. The first-order valence-electron chi connectivity index (χ1n) is 5.17. The van der Waals surface area contributed by atoms with E-state index in [1.165, 1.54) is 18.4 Å². The van der Waals surface area contributed by atoms with Gasteiger partial charge in [-0.2, -0.15) is 0 Å². The monoisotopic (exact) mass is 209 g/mol. The molecule has 0 unspecified atom stereocenters. The number of halogens is 1. The Bertz CT molecular complexity index is 340. The Hall–Kier alpha value is -0.530. The normalized spacial score (nSPS) is 19.9. The molecule has 1 saturated carbocycles. The Morgan fingerprint density at radius 2 is 1.93 bits per heavy atom. The summed E-state index contributed by atoms with van der Waals surface area (Å²) >= 11 is 5.99. The third-order valence-electron chi connectivity index (χ3n) is 3.23. The highest BCUT2D eigenvalue weighted by Gasteiger charge is 2.31. The fraction of sp³-hybridized carbons (Fsp3) is 0.500. The quantitative estimate of drug-likeness (QED) is 0.754. The first-order chi connectivity index (χ1) is 6.62. The zero-order valence-electron chi connectivity index (χ0n) is 8.52. The average Bonchev–Trinajstić information content (AvgIpc) is 2.58. The molecule has 0 heterocycles. The van der Waals surface area contributed by atoms with Crippen molar-refractivity contribution in [1.29, 1.82) is 0 Å². The molecule has 2 heteroatoms. The maximum Gasteiger partial charge on any atom is 0.0435 e. The van der Waals surface area contributed by atoms with Gasteiger partial charge in [-0.05, 0) is 37.0 Å². The number of rotatable bonds is 1. The van der Waals surface area contributed by atoms with Crippen molar-refractivity contribution in [3.05, 3.63) is 34.3 Å². The summed E-state index contributed by atoms with van der Waals surface area (Å²) in [6.45, 7) is 2.03. The first-order valence-corrected chi connectivity index (χ1v) is 5.55. The minimum Gasteiger partial charge on any atom is -0.321 e. The largest absolute Gasteiger partial charge is 0.321 e. The van der Waals surface area contributed by atoms with Gasteiger partial charge in [-0.3, -0.25) is 0 Å². The molecule has 1 fully saturated rings. The molecule has 1 aliphatic rings. The van der Waals surface area contributed by atoms with Crippen molar-refractivity contribution in [2.45, 2.75) is 38.1 Å². The smallest absolute Gasteiger partial charge is 0.0435 e. The van der Waals surface area contributed by atoms with Gasteiger partial charge < -0.3 is 5.73 Å². The van der Waals surface area contributed by atoms with Crippen LogP contribution in [-0.4, -0.2) is 0 Å². The van der Waals surface area contributed by atoms with E-state index in [0.717, 1.165) is 23.4 Å². The zero-order valence-corrected chi connectivity index (χ0v) is 9.27. The van der Waals surface area contributed by atoms with E-state index in [9.17, 15) is 0 Å². The van der Waals surface area contributed by atoms with Crippen molar-refractivity contribution in [1.82, 2.24) is 0 Å². The third-order valence-corrected chi connectivity index (χ3v) is 3.65. The molecule has 1 aromatic rings. The number of benzene rings is 1. The molecule has 0 aliphatic heterocycles. The second-order valence-electron chi connectivity index (χ2n) is 4.33. The lowest BCUT2D eigenvalue weighted by atomic mass is 9.88. The van der Waals surface area contributed by atoms with Gasteiger partial charge in [-0.15, -0.1) is 0 Å². The molecule has 1 nitrogen and oxygen atoms in total. The van der Waals surface area contributed by atoms with Gasteiger partial charge in [0, 0.05) is 10.6 Å². The molecule has 0 radical (unpaired) electrons. The molecule has 0 aromatic heterocycles. The Balaban J connectivity index is 2.36. The van der Waals surface area contributed by atoms with Crippen LogP contribution >= 0.6 is 11.6 Å². The van der Waals surface area contributed by atoms with Crippen LogP contribution in [0.15, 0.2) is 18.2 Å². The molecule has 0 spiro atoms. The van der Waals surface area contributed by atoms with Crippen molar-refractivity contribution in [2.24, 2.45) is 5.73 Å². The molecule has 14 heavy (non-hydrogen) atoms. The molecule has 0 bridgehead atoms. The van der Waals surface area contributed by atoms with Gasteiger partial charge in [-0.1, -0.05) is 36.6 Å². The Kier molecular flexibility index (Phi) is 2.54. The van der Waals surface area contributed by atoms with Crippen LogP contribution in [0, 0.1) is 6.92 Å². The molecular formula is C12H16ClN. The van der Waals surface area contributed by atoms with Crippen LogP contribution in [0.5, 0.6) is 0 Å². The van der Waals surface area contributed by atoms with Crippen LogP contribution in [-0.2, 0) is 5.54 Å². The molecule has 1 aromatic carbocycles. The molecule has 2 N–H and O–H groups in total. The second kappa shape index (κ2) is 3.56. The topological polar surface area (TPSA) is 26.0 Å². The first kappa shape index (κ1) is 10.0. The van der Waals surface area contributed by atoms with Crippen molar-refractivity contribution >= 4 is 11.6 Å². The Morgan fingerprint density at radius 3 is 2.50 bits per heavy atom. The molecule has 1 aliphatic carbocycles. The van der Waals surface area contributed by atoms with E-state index >= 15 is 0 Å². The number of hydrogen-bond acceptors (Lipinski definition) is 1. The van der Waals surface area contributed by atoms with E-state index in [4.69, 9.17) is 17.3 Å². The fourth-order valence-electron chi connectivity index (χ4n) is 2.25. The highest BCUT2D eigenvalue weighted by molar-refractivity contribution is 6.31. The molecule has 0 saturated heterocycles. The summed E-state index contributed by atoms with van der Waals surface area (Å²) < 4.78 is 0. The van der Waals surface area contributed by atoms with E-state index in [1.54, 1.807) is 0 Å². The van der Waals surface area contributed by atoms with Crippen molar-refractivity contribution in [3.63, 3.8) is 0 Å². The summed E-state index contributed by atoms with van der Waals surface area (Å²) in [6, 6.07) is 6.16. The summed E-state index contributed by atoms with van der Waals surface area (Å²) in [4.78, 5) is 0. The number of nitrogens with two attached hydrogens (primary N) is 1. The predicted molar refractivity (Wildman–Crippen MR) is 60.5 cm³/mol. The number of hydrogen-bond donors (Lipinski definition) is 1. The van der Waals surface area contributed by atoms with E-state index in [-0.39, 0.29) is 5.54 Å². The highest BCUT2D eigenvalue weighted by atomic mass is 35.5. The third kappa shape index (κ3) is 1.67. The van der Waals surface area contributed by atoms with Crippen LogP contribution in [0.2, 0.25) is 5.02 Å². The predicted octanol–water partition coefficient (Wildman–Crippen LogP) is 3.38. The standard InChI is InChI=1S/C12H16ClN/c1-9-8-10(4-5-11(9)13)12(14)6-2-3-7-12/h4-5,8H,2-3,6-7,14H2,1H3. The van der Waals surface area contributed by atoms with Crippen LogP contribution < -0.4 is 5.73 Å². The summed E-state index contributed by atoms with van der Waals surface area (Å²) in [5.41, 5.74) is 8.64. The molecule has 76 valence electrons. The van der Waals surface area contributed by atoms with Crippen LogP contribution in [0.25, 0.3) is 0 Å². The molecule has 0 atom stereocenters. The Morgan fingerprint density at radius 1 is 1.29 bits per heavy atom. The van der Waals surface area contributed by atoms with Crippen molar-refractivity contribution < 1.29 is 0 Å². The van der Waals surface area contributed by atoms with Crippen LogP contribution in [0.1, 0.15) is 36.8 Å². The summed E-state index contributed by atoms with van der Waals surface area (Å²) in [6.07, 6.45) is 4.71. The Labute approximate surface area is 90.3 Å². The lowest BCUT2D eigenvalue weighted by molar-refractivity contribution is 0.461. The van der Waals surface area contributed by atoms with Gasteiger partial charge in [0.25, 0.3) is 0 Å². The SMILES string of the molecule is Cc1cc(C2(N)CCCC2)ccc1Cl. The summed E-state index contributed by atoms with van der Waals surface area (Å²) in [5, 5.41) is 0.829. The van der Waals surface area contributed by atoms with Crippen molar-refractivity contribution in [3.8, 4) is 0 Å². The summed E-state index contributed by atoms with van der Waals surface area (Å²) in [7, 11) is 0. The lowest BCUT2D eigenvalue weighted by Gasteiger charge is -2.24. The number of aryl methyl sites for hydroxylation is 1. The lowest BCUT2D eigenvalue weighted by Crippen LogP contribution is -2.33. The fourth-order valence-corrected chi connectivity index (χ4v) is 2.37. The van der Waals surface area contributed by atoms with Gasteiger partial charge in [0.05, 0.1) is 0 Å². The maximum atomic E-state index is 6.36. The van der Waals surface area contributed by atoms with Crippen molar-refractivity contribution in [2.75, 3.05) is 0 Å². The second-order valence-corrected chi connectivity index (χ2v) is 4.73. The van der Waals surface area contributed by atoms with E-state index in [0.29, 0.717) is 0 Å². The maximum absolute atomic E-state index is 6.36. The van der Waals surface area contributed by atoms with E-state index in [1.807, 2.05) is 13.0 Å². The van der Waals surface area contributed by atoms with Gasteiger partial charge in [0.1, 0.15) is 0 Å². The minimum atomic E-state index is -0.0879. The zero-order chi connectivity index (χ0) is 10.2. The average molecular weight is 210 g/mol. The van der Waals surface area contributed by atoms with Gasteiger partial charge in [-0.25, -0.2) is 0 Å². The van der Waals surface area contributed by atoms with E-state index in [2.05, 4.69) is 12.1 Å². The van der Waals surface area contributed by atoms with Gasteiger partial charge >= 0.3 is 0 Å². The highest BCUT2D eigenvalue weighted by Crippen LogP contribution is 2.37. The molecule has 2 rings (SSSR count). The van der Waals surface area contributed by atoms with Crippen LogP contribution in [0.3, 0.4) is 0 Å². The van der Waals surface area contributed by atoms with Gasteiger partial charge in [0.2, 0.25) is 0 Å². The minimum absolute atomic E-state index is 0.0879. The van der Waals surface area contributed by atoms with E-state index < -0.39 is 0 Å². The van der Waals surface area contributed by atoms with Crippen LogP contribution in [0.4, 0.5) is 0 Å².